The predicted octanol–water partition coefficient (Wildman–Crippen LogP) is 3.04. The summed E-state index contributed by atoms with van der Waals surface area (Å²) in [5.41, 5.74) is 1.99. The van der Waals surface area contributed by atoms with Crippen molar-refractivity contribution in [1.29, 1.82) is 0 Å². The molecule has 0 spiro atoms. The summed E-state index contributed by atoms with van der Waals surface area (Å²) in [4.78, 5) is 21.2. The van der Waals surface area contributed by atoms with E-state index in [1.807, 2.05) is 13.0 Å². The van der Waals surface area contributed by atoms with E-state index in [0.717, 1.165) is 30.2 Å². The Morgan fingerprint density at radius 2 is 2.18 bits per heavy atom. The molecule has 3 aromatic heterocycles. The number of unbranched alkanes of at least 4 members (excludes halogenated alkanes) is 2. The molecule has 0 radical (unpaired) electrons. The lowest BCUT2D eigenvalue weighted by molar-refractivity contribution is 0.397. The lowest BCUT2D eigenvalue weighted by Gasteiger charge is -2.03. The van der Waals surface area contributed by atoms with Gasteiger partial charge in [0, 0.05) is 12.6 Å². The van der Waals surface area contributed by atoms with Gasteiger partial charge in [0.2, 0.25) is 17.2 Å². The number of methoxy groups -OCH3 is 1. The van der Waals surface area contributed by atoms with E-state index in [1.165, 1.54) is 0 Å². The van der Waals surface area contributed by atoms with Gasteiger partial charge in [-0.25, -0.2) is 4.98 Å². The molecule has 22 heavy (non-hydrogen) atoms. The molecule has 0 N–H and O–H groups in total. The number of aromatic nitrogens is 3. The monoisotopic (exact) mass is 301 g/mol. The third-order valence-corrected chi connectivity index (χ3v) is 3.80. The first kappa shape index (κ1) is 14.6. The van der Waals surface area contributed by atoms with Gasteiger partial charge in [0.1, 0.15) is 5.52 Å². The Balaban J connectivity index is 2.17. The standard InChI is InChI=1S/C16H19N3O3/c1-4-5-6-7-19-9-17-13-12-10(2)8-11(21-3)18-15(12)22-14(13)16(19)20/h8-9H,4-7H2,1-3H3. The summed E-state index contributed by atoms with van der Waals surface area (Å²) < 4.78 is 12.4. The zero-order chi connectivity index (χ0) is 15.7. The van der Waals surface area contributed by atoms with Crippen LogP contribution in [0.1, 0.15) is 31.7 Å². The number of aryl methyl sites for hydroxylation is 2. The van der Waals surface area contributed by atoms with Crippen molar-refractivity contribution >= 4 is 22.2 Å². The van der Waals surface area contributed by atoms with Gasteiger partial charge in [0.05, 0.1) is 18.8 Å². The number of ether oxygens (including phenoxy) is 1. The Morgan fingerprint density at radius 1 is 1.36 bits per heavy atom. The molecule has 0 atom stereocenters. The van der Waals surface area contributed by atoms with Crippen LogP contribution in [0.25, 0.3) is 22.2 Å². The fourth-order valence-corrected chi connectivity index (χ4v) is 2.61. The van der Waals surface area contributed by atoms with Crippen LogP contribution in [0.5, 0.6) is 5.88 Å². The molecule has 0 unspecified atom stereocenters. The van der Waals surface area contributed by atoms with Crippen molar-refractivity contribution in [3.8, 4) is 5.88 Å². The molecule has 0 fully saturated rings. The average Bonchev–Trinajstić information content (AvgIpc) is 2.89. The minimum atomic E-state index is -0.155. The van der Waals surface area contributed by atoms with Crippen molar-refractivity contribution in [3.63, 3.8) is 0 Å². The fourth-order valence-electron chi connectivity index (χ4n) is 2.61. The zero-order valence-electron chi connectivity index (χ0n) is 13.0. The maximum atomic E-state index is 12.5. The van der Waals surface area contributed by atoms with E-state index in [1.54, 1.807) is 18.0 Å². The van der Waals surface area contributed by atoms with Crippen LogP contribution in [-0.2, 0) is 6.54 Å². The highest BCUT2D eigenvalue weighted by Crippen LogP contribution is 2.28. The summed E-state index contributed by atoms with van der Waals surface area (Å²) in [6.07, 6.45) is 4.74. The molecular weight excluding hydrogens is 282 g/mol. The van der Waals surface area contributed by atoms with E-state index in [4.69, 9.17) is 9.15 Å². The minimum absolute atomic E-state index is 0.155. The summed E-state index contributed by atoms with van der Waals surface area (Å²) >= 11 is 0. The number of pyridine rings is 1. The van der Waals surface area contributed by atoms with E-state index in [2.05, 4.69) is 16.9 Å². The number of fused-ring (bicyclic) bond motifs is 3. The molecule has 0 aliphatic heterocycles. The van der Waals surface area contributed by atoms with Crippen molar-refractivity contribution < 1.29 is 9.15 Å². The van der Waals surface area contributed by atoms with E-state index < -0.39 is 0 Å². The molecule has 3 rings (SSSR count). The van der Waals surface area contributed by atoms with E-state index >= 15 is 0 Å². The summed E-state index contributed by atoms with van der Waals surface area (Å²) in [6.45, 7) is 4.71. The molecule has 6 nitrogen and oxygen atoms in total. The highest BCUT2D eigenvalue weighted by Gasteiger charge is 2.17. The Bertz CT molecular complexity index is 880. The second kappa shape index (κ2) is 5.79. The van der Waals surface area contributed by atoms with Crippen LogP contribution in [0, 0.1) is 6.92 Å². The molecule has 0 saturated heterocycles. The Morgan fingerprint density at radius 3 is 2.91 bits per heavy atom. The van der Waals surface area contributed by atoms with Gasteiger partial charge in [0.15, 0.2) is 0 Å². The number of rotatable bonds is 5. The van der Waals surface area contributed by atoms with Crippen molar-refractivity contribution in [3.05, 3.63) is 28.3 Å². The van der Waals surface area contributed by atoms with Crippen LogP contribution >= 0.6 is 0 Å². The van der Waals surface area contributed by atoms with E-state index in [-0.39, 0.29) is 11.1 Å². The topological polar surface area (TPSA) is 70.2 Å². The SMILES string of the molecule is CCCCCn1cnc2c(oc3nc(OC)cc(C)c32)c1=O. The maximum absolute atomic E-state index is 12.5. The first-order valence-corrected chi connectivity index (χ1v) is 7.49. The second-order valence-electron chi connectivity index (χ2n) is 5.39. The lowest BCUT2D eigenvalue weighted by atomic mass is 10.2. The van der Waals surface area contributed by atoms with Crippen LogP contribution in [0.3, 0.4) is 0 Å². The molecule has 0 saturated carbocycles. The van der Waals surface area contributed by atoms with Crippen LogP contribution < -0.4 is 10.3 Å². The molecule has 0 bridgehead atoms. The third kappa shape index (κ3) is 2.34. The van der Waals surface area contributed by atoms with Gasteiger partial charge in [-0.3, -0.25) is 9.36 Å². The highest BCUT2D eigenvalue weighted by atomic mass is 16.5. The predicted molar refractivity (Wildman–Crippen MR) is 84.4 cm³/mol. The van der Waals surface area contributed by atoms with Crippen LogP contribution in [0.4, 0.5) is 0 Å². The van der Waals surface area contributed by atoms with Crippen molar-refractivity contribution in [2.24, 2.45) is 0 Å². The summed E-state index contributed by atoms with van der Waals surface area (Å²) in [5.74, 6) is 0.465. The molecule has 116 valence electrons. The molecule has 6 heteroatoms. The normalized spacial score (nSPS) is 11.4. The van der Waals surface area contributed by atoms with Crippen molar-refractivity contribution in [2.45, 2.75) is 39.7 Å². The molecule has 0 aliphatic rings. The minimum Gasteiger partial charge on any atom is -0.481 e. The highest BCUT2D eigenvalue weighted by molar-refractivity contribution is 6.02. The molecule has 0 aromatic carbocycles. The Hall–Kier alpha value is -2.37. The van der Waals surface area contributed by atoms with E-state index in [0.29, 0.717) is 23.7 Å². The van der Waals surface area contributed by atoms with Gasteiger partial charge in [-0.05, 0) is 18.9 Å². The van der Waals surface area contributed by atoms with Gasteiger partial charge in [-0.2, -0.15) is 4.98 Å². The average molecular weight is 301 g/mol. The molecular formula is C16H19N3O3. The van der Waals surface area contributed by atoms with Crippen molar-refractivity contribution in [1.82, 2.24) is 14.5 Å². The van der Waals surface area contributed by atoms with E-state index in [9.17, 15) is 4.79 Å². The van der Waals surface area contributed by atoms with Crippen LogP contribution in [0.2, 0.25) is 0 Å². The summed E-state index contributed by atoms with van der Waals surface area (Å²) in [5, 5.41) is 0.772. The molecule has 0 aliphatic carbocycles. The molecule has 3 heterocycles. The zero-order valence-corrected chi connectivity index (χ0v) is 13.0. The first-order chi connectivity index (χ1) is 10.7. The summed E-state index contributed by atoms with van der Waals surface area (Å²) in [7, 11) is 1.55. The summed E-state index contributed by atoms with van der Waals surface area (Å²) in [6, 6.07) is 1.81. The van der Waals surface area contributed by atoms with Crippen LogP contribution in [0.15, 0.2) is 21.6 Å². The maximum Gasteiger partial charge on any atom is 0.297 e. The largest absolute Gasteiger partial charge is 0.481 e. The first-order valence-electron chi connectivity index (χ1n) is 7.49. The van der Waals surface area contributed by atoms with Crippen LogP contribution in [-0.4, -0.2) is 21.6 Å². The molecule has 3 aromatic rings. The Kier molecular flexibility index (Phi) is 3.83. The second-order valence-corrected chi connectivity index (χ2v) is 5.39. The number of hydrogen-bond acceptors (Lipinski definition) is 5. The van der Waals surface area contributed by atoms with Gasteiger partial charge in [0.25, 0.3) is 5.56 Å². The smallest absolute Gasteiger partial charge is 0.297 e. The quantitative estimate of drug-likeness (QED) is 0.677. The Labute approximate surface area is 127 Å². The van der Waals surface area contributed by atoms with Gasteiger partial charge in [-0.15, -0.1) is 0 Å². The van der Waals surface area contributed by atoms with Gasteiger partial charge < -0.3 is 9.15 Å². The number of nitrogens with zero attached hydrogens (tertiary/aromatic N) is 3. The van der Waals surface area contributed by atoms with Crippen molar-refractivity contribution in [2.75, 3.05) is 7.11 Å². The third-order valence-electron chi connectivity index (χ3n) is 3.80. The molecule has 0 amide bonds. The lowest BCUT2D eigenvalue weighted by Crippen LogP contribution is -2.20. The van der Waals surface area contributed by atoms with Gasteiger partial charge in [-0.1, -0.05) is 19.8 Å². The number of furan rings is 1. The van der Waals surface area contributed by atoms with Gasteiger partial charge >= 0.3 is 0 Å². The number of hydrogen-bond donors (Lipinski definition) is 0. The fraction of sp³-hybridized carbons (Fsp3) is 0.438.